The highest BCUT2D eigenvalue weighted by Gasteiger charge is 2.28. The Morgan fingerprint density at radius 3 is 2.41 bits per heavy atom. The first-order valence-electron chi connectivity index (χ1n) is 15.6. The van der Waals surface area contributed by atoms with Crippen molar-refractivity contribution in [2.24, 2.45) is 0 Å². The van der Waals surface area contributed by atoms with Gasteiger partial charge in [-0.25, -0.2) is 4.79 Å². The maximum absolute atomic E-state index is 13.3. The van der Waals surface area contributed by atoms with Gasteiger partial charge in [-0.1, -0.05) is 87.7 Å². The summed E-state index contributed by atoms with van der Waals surface area (Å²) in [6, 6.07) is 13.8. The number of rotatable bonds is 15. The van der Waals surface area contributed by atoms with Crippen LogP contribution in [0, 0.1) is 0 Å². The quantitative estimate of drug-likeness (QED) is 0.107. The molecule has 1 aliphatic carbocycles. The molecule has 0 saturated carbocycles. The lowest BCUT2D eigenvalue weighted by atomic mass is 9.90. The van der Waals surface area contributed by atoms with Crippen LogP contribution in [-0.2, 0) is 40.1 Å². The van der Waals surface area contributed by atoms with Crippen molar-refractivity contribution >= 4 is 17.6 Å². The number of carbonyl (C=O) groups excluding carboxylic acids is 2. The van der Waals surface area contributed by atoms with Gasteiger partial charge >= 0.3 is 11.9 Å². The van der Waals surface area contributed by atoms with E-state index in [4.69, 9.17) is 9.26 Å². The number of anilines is 1. The number of unbranched alkanes of at least 4 members (excludes halogenated alkanes) is 8. The Kier molecular flexibility index (Phi) is 12.0. The first-order valence-corrected chi connectivity index (χ1v) is 15.6. The van der Waals surface area contributed by atoms with Crippen molar-refractivity contribution in [3.63, 3.8) is 0 Å². The predicted octanol–water partition coefficient (Wildman–Crippen LogP) is 7.79. The summed E-state index contributed by atoms with van der Waals surface area (Å²) in [5.41, 5.74) is 4.84. The maximum atomic E-state index is 13.3. The zero-order chi connectivity index (χ0) is 28.9. The first-order chi connectivity index (χ1) is 20.1. The van der Waals surface area contributed by atoms with Crippen molar-refractivity contribution in [3.05, 3.63) is 65.0 Å². The number of esters is 1. The molecule has 41 heavy (non-hydrogen) atoms. The summed E-state index contributed by atoms with van der Waals surface area (Å²) in [6.07, 6.45) is 16.4. The van der Waals surface area contributed by atoms with E-state index in [1.807, 2.05) is 36.4 Å². The van der Waals surface area contributed by atoms with E-state index in [9.17, 15) is 9.59 Å². The number of aromatic nitrogens is 2. The van der Waals surface area contributed by atoms with Crippen LogP contribution in [0.15, 0.2) is 47.0 Å². The van der Waals surface area contributed by atoms with E-state index in [1.54, 1.807) is 11.8 Å². The second kappa shape index (κ2) is 16.1. The van der Waals surface area contributed by atoms with Gasteiger partial charge in [0.2, 0.25) is 0 Å². The van der Waals surface area contributed by atoms with Crippen LogP contribution in [0.5, 0.6) is 0 Å². The third-order valence-corrected chi connectivity index (χ3v) is 7.84. The lowest BCUT2D eigenvalue weighted by molar-refractivity contribution is -0.153. The van der Waals surface area contributed by atoms with Gasteiger partial charge in [0.15, 0.2) is 5.82 Å². The van der Waals surface area contributed by atoms with Gasteiger partial charge in [-0.2, -0.15) is 4.98 Å². The average Bonchev–Trinajstić information content (AvgIpc) is 3.48. The molecule has 0 atom stereocenters. The molecule has 4 rings (SSSR count). The van der Waals surface area contributed by atoms with Crippen LogP contribution in [0.25, 0.3) is 11.5 Å². The van der Waals surface area contributed by atoms with Crippen molar-refractivity contribution in [1.82, 2.24) is 10.1 Å². The van der Waals surface area contributed by atoms with E-state index >= 15 is 0 Å². The molecule has 0 bridgehead atoms. The minimum atomic E-state index is -0.838. The van der Waals surface area contributed by atoms with Gasteiger partial charge < -0.3 is 9.26 Å². The molecule has 7 heteroatoms. The summed E-state index contributed by atoms with van der Waals surface area (Å²) in [6.45, 7) is 4.35. The van der Waals surface area contributed by atoms with E-state index in [0.717, 1.165) is 66.7 Å². The first kappa shape index (κ1) is 30.5. The highest BCUT2D eigenvalue weighted by Crippen LogP contribution is 2.32. The van der Waals surface area contributed by atoms with Gasteiger partial charge in [-0.15, -0.1) is 0 Å². The van der Waals surface area contributed by atoms with Gasteiger partial charge in [-0.05, 0) is 73.9 Å². The Hall–Kier alpha value is -3.48. The summed E-state index contributed by atoms with van der Waals surface area (Å²) < 4.78 is 10.7. The molecular weight excluding hydrogens is 514 g/mol. The lowest BCUT2D eigenvalue weighted by Crippen LogP contribution is -2.38. The standard InChI is InChI=1S/C34H45N3O4/c1-3-5-6-7-8-9-10-11-12-23-31-35-32(41-36-31)28-20-15-17-26(24-28)25-37(33(38)34(39)40-4-2)30-22-16-19-27-18-13-14-21-29(27)30/h15-17,19-20,22,24H,3-14,18,21,23,25H2,1-2H3. The maximum Gasteiger partial charge on any atom is 0.397 e. The van der Waals surface area contributed by atoms with Crippen LogP contribution in [0.1, 0.15) is 107 Å². The fourth-order valence-electron chi connectivity index (χ4n) is 5.64. The highest BCUT2D eigenvalue weighted by molar-refractivity contribution is 6.38. The van der Waals surface area contributed by atoms with Gasteiger partial charge in [0.05, 0.1) is 13.2 Å². The fraction of sp³-hybridized carbons (Fsp3) is 0.529. The van der Waals surface area contributed by atoms with E-state index in [1.165, 1.54) is 56.9 Å². The molecule has 1 aliphatic rings. The number of hydrogen-bond acceptors (Lipinski definition) is 6. The Morgan fingerprint density at radius 1 is 0.902 bits per heavy atom. The molecule has 0 aliphatic heterocycles. The molecule has 0 N–H and O–H groups in total. The number of amides is 1. The summed E-state index contributed by atoms with van der Waals surface area (Å²) in [4.78, 5) is 32.1. The Bertz CT molecular complexity index is 1270. The monoisotopic (exact) mass is 559 g/mol. The number of hydrogen-bond donors (Lipinski definition) is 0. The second-order valence-electron chi connectivity index (χ2n) is 11.0. The molecular formula is C34H45N3O4. The van der Waals surface area contributed by atoms with E-state index in [2.05, 4.69) is 23.1 Å². The van der Waals surface area contributed by atoms with Crippen LogP contribution in [0.2, 0.25) is 0 Å². The zero-order valence-corrected chi connectivity index (χ0v) is 24.8. The van der Waals surface area contributed by atoms with Gasteiger partial charge in [0.25, 0.3) is 5.89 Å². The summed E-state index contributed by atoms with van der Waals surface area (Å²) in [7, 11) is 0. The summed E-state index contributed by atoms with van der Waals surface area (Å²) in [5, 5.41) is 4.21. The minimum Gasteiger partial charge on any atom is -0.459 e. The molecule has 1 amide bonds. The van der Waals surface area contributed by atoms with Crippen LogP contribution < -0.4 is 4.90 Å². The number of benzene rings is 2. The topological polar surface area (TPSA) is 85.5 Å². The molecule has 0 radical (unpaired) electrons. The van der Waals surface area contributed by atoms with Crippen LogP contribution in [0.3, 0.4) is 0 Å². The Balaban J connectivity index is 1.41. The lowest BCUT2D eigenvalue weighted by Gasteiger charge is -2.28. The van der Waals surface area contributed by atoms with Crippen LogP contribution in [0.4, 0.5) is 5.69 Å². The fourth-order valence-corrected chi connectivity index (χ4v) is 5.64. The smallest absolute Gasteiger partial charge is 0.397 e. The molecule has 0 spiro atoms. The normalized spacial score (nSPS) is 12.6. The van der Waals surface area contributed by atoms with Crippen molar-refractivity contribution in [1.29, 1.82) is 0 Å². The van der Waals surface area contributed by atoms with Crippen molar-refractivity contribution in [2.45, 2.75) is 110 Å². The average molecular weight is 560 g/mol. The molecule has 1 heterocycles. The SMILES string of the molecule is CCCCCCCCCCCc1noc(-c2cccc(CN(C(=O)C(=O)OCC)c3cccc4c3CCCC4)c2)n1. The molecule has 7 nitrogen and oxygen atoms in total. The largest absolute Gasteiger partial charge is 0.459 e. The molecule has 220 valence electrons. The number of nitrogens with zero attached hydrogens (tertiary/aromatic N) is 3. The number of fused-ring (bicyclic) bond motifs is 1. The predicted molar refractivity (Wildman–Crippen MR) is 162 cm³/mol. The third kappa shape index (κ3) is 8.75. The molecule has 1 aromatic heterocycles. The second-order valence-corrected chi connectivity index (χ2v) is 11.0. The van der Waals surface area contributed by atoms with Gasteiger partial charge in [0.1, 0.15) is 0 Å². The van der Waals surface area contributed by atoms with Crippen molar-refractivity contribution in [3.8, 4) is 11.5 Å². The van der Waals surface area contributed by atoms with Crippen LogP contribution in [-0.4, -0.2) is 28.6 Å². The van der Waals surface area contributed by atoms with Crippen molar-refractivity contribution < 1.29 is 18.8 Å². The molecule has 0 saturated heterocycles. The van der Waals surface area contributed by atoms with Gasteiger partial charge in [0, 0.05) is 17.7 Å². The minimum absolute atomic E-state index is 0.152. The Labute approximate surface area is 244 Å². The van der Waals surface area contributed by atoms with E-state index < -0.39 is 11.9 Å². The molecule has 3 aromatic rings. The highest BCUT2D eigenvalue weighted by atomic mass is 16.5. The Morgan fingerprint density at radius 2 is 1.63 bits per heavy atom. The summed E-state index contributed by atoms with van der Waals surface area (Å²) >= 11 is 0. The van der Waals surface area contributed by atoms with Crippen molar-refractivity contribution in [2.75, 3.05) is 11.5 Å². The van der Waals surface area contributed by atoms with Gasteiger partial charge in [-0.3, -0.25) is 9.69 Å². The molecule has 2 aromatic carbocycles. The molecule has 0 unspecified atom stereocenters. The number of aryl methyl sites for hydroxylation is 2. The third-order valence-electron chi connectivity index (χ3n) is 7.84. The summed E-state index contributed by atoms with van der Waals surface area (Å²) in [5.74, 6) is -0.297. The van der Waals surface area contributed by atoms with E-state index in [0.29, 0.717) is 5.89 Å². The van der Waals surface area contributed by atoms with E-state index in [-0.39, 0.29) is 13.2 Å². The van der Waals surface area contributed by atoms with Crippen LogP contribution >= 0.6 is 0 Å². The number of ether oxygens (including phenoxy) is 1. The molecule has 0 fully saturated rings. The zero-order valence-electron chi connectivity index (χ0n) is 24.8. The number of carbonyl (C=O) groups is 2.